The Balaban J connectivity index is 1.37. The van der Waals surface area contributed by atoms with Gasteiger partial charge < -0.3 is 31.9 Å². The Kier molecular flexibility index (Phi) is 8.54. The van der Waals surface area contributed by atoms with Gasteiger partial charge >= 0.3 is 0 Å². The average molecular weight is 528 g/mol. The van der Waals surface area contributed by atoms with Gasteiger partial charge in [-0.05, 0) is 82.1 Å². The Morgan fingerprint density at radius 2 is 1.87 bits per heavy atom. The largest absolute Gasteiger partial charge is 0.353 e. The minimum Gasteiger partial charge on any atom is -0.353 e. The molecule has 1 aromatic rings. The lowest BCUT2D eigenvalue weighted by Gasteiger charge is -2.57. The SMILES string of the molecule is CC(Cc1ccc(N=C(/C=C\NC=O)N2CCN(C(=O)C(C)(C)N)CC2)cc1F)NC1CC2(CC(N)C2)C1. The Morgan fingerprint density at radius 1 is 1.21 bits per heavy atom. The molecule has 0 radical (unpaired) electrons. The zero-order valence-electron chi connectivity index (χ0n) is 22.8. The van der Waals surface area contributed by atoms with E-state index in [9.17, 15) is 9.59 Å². The van der Waals surface area contributed by atoms with Crippen LogP contribution in [0.2, 0.25) is 0 Å². The second-order valence-electron chi connectivity index (χ2n) is 11.9. The molecular formula is C28H42FN7O2. The van der Waals surface area contributed by atoms with Gasteiger partial charge in [-0.1, -0.05) is 6.07 Å². The number of halogens is 1. The molecule has 9 nitrogen and oxygen atoms in total. The molecule has 38 heavy (non-hydrogen) atoms. The molecule has 2 aliphatic carbocycles. The molecule has 3 fully saturated rings. The highest BCUT2D eigenvalue weighted by atomic mass is 19.1. The second-order valence-corrected chi connectivity index (χ2v) is 11.9. The lowest BCUT2D eigenvalue weighted by molar-refractivity contribution is -0.137. The predicted octanol–water partition coefficient (Wildman–Crippen LogP) is 1.79. The molecule has 208 valence electrons. The molecule has 1 unspecified atom stereocenters. The first kappa shape index (κ1) is 28.2. The average Bonchev–Trinajstić information content (AvgIpc) is 2.82. The maximum Gasteiger partial charge on any atom is 0.242 e. The van der Waals surface area contributed by atoms with Crippen LogP contribution in [0.25, 0.3) is 0 Å². The molecular weight excluding hydrogens is 485 g/mol. The van der Waals surface area contributed by atoms with E-state index < -0.39 is 5.54 Å². The van der Waals surface area contributed by atoms with Crippen LogP contribution in [-0.4, -0.2) is 77.8 Å². The van der Waals surface area contributed by atoms with E-state index >= 15 is 4.39 Å². The van der Waals surface area contributed by atoms with Crippen molar-refractivity contribution in [1.29, 1.82) is 0 Å². The molecule has 1 aliphatic heterocycles. The van der Waals surface area contributed by atoms with Gasteiger partial charge in [0, 0.05) is 50.5 Å². The van der Waals surface area contributed by atoms with Crippen LogP contribution < -0.4 is 22.1 Å². The highest BCUT2D eigenvalue weighted by Crippen LogP contribution is 2.55. The Morgan fingerprint density at radius 3 is 2.45 bits per heavy atom. The lowest BCUT2D eigenvalue weighted by Crippen LogP contribution is -2.60. The van der Waals surface area contributed by atoms with Gasteiger partial charge in [0.1, 0.15) is 11.7 Å². The zero-order chi connectivity index (χ0) is 27.5. The molecule has 1 aromatic carbocycles. The number of piperazine rings is 1. The van der Waals surface area contributed by atoms with E-state index in [2.05, 4.69) is 22.5 Å². The Bertz CT molecular complexity index is 1060. The summed E-state index contributed by atoms with van der Waals surface area (Å²) in [6.45, 7) is 7.59. The van der Waals surface area contributed by atoms with Crippen LogP contribution in [0.4, 0.5) is 10.1 Å². The van der Waals surface area contributed by atoms with Crippen molar-refractivity contribution in [1.82, 2.24) is 20.4 Å². The van der Waals surface area contributed by atoms with E-state index in [4.69, 9.17) is 11.5 Å². The zero-order valence-corrected chi connectivity index (χ0v) is 22.8. The number of hydrogen-bond donors (Lipinski definition) is 4. The lowest BCUT2D eigenvalue weighted by atomic mass is 9.52. The van der Waals surface area contributed by atoms with Crippen LogP contribution in [-0.2, 0) is 16.0 Å². The number of aliphatic imine (C=N–C) groups is 1. The summed E-state index contributed by atoms with van der Waals surface area (Å²) in [4.78, 5) is 31.7. The fourth-order valence-electron chi connectivity index (χ4n) is 6.11. The summed E-state index contributed by atoms with van der Waals surface area (Å²) in [6, 6.07) is 6.10. The van der Waals surface area contributed by atoms with Gasteiger partial charge in [-0.15, -0.1) is 0 Å². The van der Waals surface area contributed by atoms with Crippen LogP contribution in [0.15, 0.2) is 35.5 Å². The highest BCUT2D eigenvalue weighted by Gasteiger charge is 2.51. The first-order valence-corrected chi connectivity index (χ1v) is 13.6. The monoisotopic (exact) mass is 527 g/mol. The molecule has 3 aliphatic rings. The number of nitrogens with one attached hydrogen (secondary N) is 2. The number of carbonyl (C=O) groups is 2. The van der Waals surface area contributed by atoms with Gasteiger partial charge in [-0.2, -0.15) is 0 Å². The summed E-state index contributed by atoms with van der Waals surface area (Å²) in [6.07, 6.45) is 8.95. The third-order valence-corrected chi connectivity index (χ3v) is 7.91. The normalized spacial score (nSPS) is 26.7. The first-order chi connectivity index (χ1) is 18.0. The number of benzene rings is 1. The number of amidine groups is 1. The van der Waals surface area contributed by atoms with Crippen LogP contribution in [0.3, 0.4) is 0 Å². The number of rotatable bonds is 9. The van der Waals surface area contributed by atoms with Gasteiger partial charge in [0.25, 0.3) is 0 Å². The van der Waals surface area contributed by atoms with E-state index in [0.717, 1.165) is 12.8 Å². The van der Waals surface area contributed by atoms with E-state index in [0.29, 0.717) is 73.6 Å². The van der Waals surface area contributed by atoms with Crippen LogP contribution in [0, 0.1) is 11.2 Å². The number of carbonyl (C=O) groups excluding carboxylic acids is 2. The van der Waals surface area contributed by atoms with Crippen molar-refractivity contribution in [2.24, 2.45) is 21.9 Å². The van der Waals surface area contributed by atoms with E-state index in [-0.39, 0.29) is 17.8 Å². The molecule has 0 aromatic heterocycles. The molecule has 1 atom stereocenters. The quantitative estimate of drug-likeness (QED) is 0.220. The molecule has 6 N–H and O–H groups in total. The maximum absolute atomic E-state index is 15.1. The van der Waals surface area contributed by atoms with Crippen molar-refractivity contribution < 1.29 is 14.0 Å². The highest BCUT2D eigenvalue weighted by molar-refractivity contribution is 5.95. The Labute approximate surface area is 224 Å². The van der Waals surface area contributed by atoms with E-state index in [1.54, 1.807) is 30.9 Å². The maximum atomic E-state index is 15.1. The number of amides is 2. The summed E-state index contributed by atoms with van der Waals surface area (Å²) in [5, 5.41) is 6.14. The fraction of sp³-hybridized carbons (Fsp3) is 0.607. The summed E-state index contributed by atoms with van der Waals surface area (Å²) < 4.78 is 15.1. The second kappa shape index (κ2) is 11.5. The summed E-state index contributed by atoms with van der Waals surface area (Å²) in [5.41, 5.74) is 12.6. The van der Waals surface area contributed by atoms with Crippen LogP contribution >= 0.6 is 0 Å². The third-order valence-electron chi connectivity index (χ3n) is 7.91. The Hall–Kier alpha value is -2.82. The molecule has 2 amide bonds. The van der Waals surface area contributed by atoms with Crippen LogP contribution in [0.1, 0.15) is 52.0 Å². The van der Waals surface area contributed by atoms with Gasteiger partial charge in [-0.25, -0.2) is 9.38 Å². The molecule has 1 spiro atoms. The fourth-order valence-corrected chi connectivity index (χ4v) is 6.11. The summed E-state index contributed by atoms with van der Waals surface area (Å²) in [7, 11) is 0. The van der Waals surface area contributed by atoms with Gasteiger partial charge in [0.2, 0.25) is 12.3 Å². The van der Waals surface area contributed by atoms with Crippen molar-refractivity contribution in [3.63, 3.8) is 0 Å². The van der Waals surface area contributed by atoms with Crippen molar-refractivity contribution in [3.8, 4) is 0 Å². The third kappa shape index (κ3) is 6.78. The molecule has 0 bridgehead atoms. The molecule has 1 heterocycles. The molecule has 10 heteroatoms. The topological polar surface area (TPSA) is 129 Å². The van der Waals surface area contributed by atoms with Crippen molar-refractivity contribution in [2.75, 3.05) is 26.2 Å². The number of nitrogens with zero attached hydrogens (tertiary/aromatic N) is 3. The molecule has 2 saturated carbocycles. The number of hydrogen-bond acceptors (Lipinski definition) is 6. The molecule has 1 saturated heterocycles. The number of nitrogens with two attached hydrogens (primary N) is 2. The van der Waals surface area contributed by atoms with E-state index in [1.807, 2.05) is 11.0 Å². The summed E-state index contributed by atoms with van der Waals surface area (Å²) >= 11 is 0. The van der Waals surface area contributed by atoms with E-state index in [1.165, 1.54) is 25.1 Å². The molecule has 4 rings (SSSR count). The smallest absolute Gasteiger partial charge is 0.242 e. The summed E-state index contributed by atoms with van der Waals surface area (Å²) in [5.74, 6) is 0.194. The predicted molar refractivity (Wildman–Crippen MR) is 147 cm³/mol. The van der Waals surface area contributed by atoms with Crippen molar-refractivity contribution >= 4 is 23.8 Å². The van der Waals surface area contributed by atoms with Gasteiger partial charge in [-0.3, -0.25) is 9.59 Å². The van der Waals surface area contributed by atoms with Crippen molar-refractivity contribution in [2.45, 2.75) is 76.5 Å². The standard InChI is InChI=1S/C28H42FN7O2/c1-19(33-23-16-28(17-23)14-21(30)15-28)12-20-4-5-22(13-24(20)29)34-25(6-7-32-18-37)35-8-10-36(11-9-35)26(38)27(2,3)31/h4-7,13,18-19,21,23,33H,8-12,14-17,30-31H2,1-3H3,(H,32,37)/b7-6-,34-25?. The minimum absolute atomic E-state index is 0.0979. The minimum atomic E-state index is -0.927. The van der Waals surface area contributed by atoms with Crippen molar-refractivity contribution in [3.05, 3.63) is 41.9 Å². The van der Waals surface area contributed by atoms with Gasteiger partial charge in [0.05, 0.1) is 11.2 Å². The van der Waals surface area contributed by atoms with Gasteiger partial charge in [0.15, 0.2) is 0 Å². The van der Waals surface area contributed by atoms with Crippen LogP contribution in [0.5, 0.6) is 0 Å². The first-order valence-electron chi connectivity index (χ1n) is 13.6.